The van der Waals surface area contributed by atoms with Crippen LogP contribution in [-0.4, -0.2) is 32.4 Å². The average Bonchev–Trinajstić information content (AvgIpc) is 2.40. The zero-order chi connectivity index (χ0) is 13.7. The van der Waals surface area contributed by atoms with Gasteiger partial charge in [0.05, 0.1) is 5.75 Å². The van der Waals surface area contributed by atoms with Gasteiger partial charge in [0.2, 0.25) is 0 Å². The Kier molecular flexibility index (Phi) is 5.45. The molecule has 1 aliphatic carbocycles. The van der Waals surface area contributed by atoms with E-state index in [9.17, 15) is 9.90 Å². The van der Waals surface area contributed by atoms with Crippen LogP contribution in [0.25, 0.3) is 0 Å². The molecule has 1 aromatic rings. The molecule has 3 nitrogen and oxygen atoms in total. The van der Waals surface area contributed by atoms with Crippen LogP contribution in [0, 0.1) is 0 Å². The SMILES string of the molecule is O=C(O)CS[C@@H]1CCCC[C@H]1Sc1ccc(O)cc1. The Bertz CT molecular complexity index is 419. The van der Waals surface area contributed by atoms with E-state index in [1.54, 1.807) is 23.9 Å². The highest BCUT2D eigenvalue weighted by atomic mass is 32.2. The van der Waals surface area contributed by atoms with Crippen molar-refractivity contribution in [2.24, 2.45) is 0 Å². The second kappa shape index (κ2) is 7.10. The molecule has 2 N–H and O–H groups in total. The standard InChI is InChI=1S/C14H18O3S2/c15-10-5-7-11(8-6-10)19-13-4-2-1-3-12(13)18-9-14(16)17/h5-8,12-13,15H,1-4,9H2,(H,16,17)/t12-,13-/m1/s1. The molecule has 104 valence electrons. The molecule has 0 aromatic heterocycles. The largest absolute Gasteiger partial charge is 0.508 e. The predicted octanol–water partition coefficient (Wildman–Crippen LogP) is 3.61. The zero-order valence-corrected chi connectivity index (χ0v) is 12.3. The minimum atomic E-state index is -0.732. The molecule has 0 bridgehead atoms. The molecule has 1 fully saturated rings. The summed E-state index contributed by atoms with van der Waals surface area (Å²) >= 11 is 3.37. The third-order valence-electron chi connectivity index (χ3n) is 3.19. The van der Waals surface area contributed by atoms with Gasteiger partial charge in [-0.1, -0.05) is 12.8 Å². The summed E-state index contributed by atoms with van der Waals surface area (Å²) in [6.45, 7) is 0. The lowest BCUT2D eigenvalue weighted by Gasteiger charge is -2.30. The number of benzene rings is 1. The second-order valence-electron chi connectivity index (χ2n) is 4.68. The third-order valence-corrected chi connectivity index (χ3v) is 6.18. The van der Waals surface area contributed by atoms with Crippen LogP contribution in [0.15, 0.2) is 29.2 Å². The van der Waals surface area contributed by atoms with Crippen LogP contribution in [-0.2, 0) is 4.79 Å². The van der Waals surface area contributed by atoms with Gasteiger partial charge in [0.1, 0.15) is 5.75 Å². The van der Waals surface area contributed by atoms with Gasteiger partial charge >= 0.3 is 5.97 Å². The topological polar surface area (TPSA) is 57.5 Å². The maximum Gasteiger partial charge on any atom is 0.313 e. The minimum Gasteiger partial charge on any atom is -0.508 e. The summed E-state index contributed by atoms with van der Waals surface area (Å²) in [6.07, 6.45) is 4.67. The summed E-state index contributed by atoms with van der Waals surface area (Å²) in [5.74, 6) is -0.258. The number of phenolic OH excluding ortho intramolecular Hbond substituents is 1. The lowest BCUT2D eigenvalue weighted by molar-refractivity contribution is -0.133. The van der Waals surface area contributed by atoms with E-state index in [4.69, 9.17) is 5.11 Å². The van der Waals surface area contributed by atoms with E-state index < -0.39 is 5.97 Å². The molecular formula is C14H18O3S2. The first-order chi connectivity index (χ1) is 9.15. The van der Waals surface area contributed by atoms with E-state index in [2.05, 4.69) is 0 Å². The summed E-state index contributed by atoms with van der Waals surface area (Å²) in [6, 6.07) is 7.25. The fourth-order valence-electron chi connectivity index (χ4n) is 2.27. The predicted molar refractivity (Wildman–Crippen MR) is 80.1 cm³/mol. The van der Waals surface area contributed by atoms with E-state index >= 15 is 0 Å². The third kappa shape index (κ3) is 4.66. The number of carboxylic acid groups (broad SMARTS) is 1. The van der Waals surface area contributed by atoms with Gasteiger partial charge in [0.15, 0.2) is 0 Å². The molecule has 0 radical (unpaired) electrons. The fourth-order valence-corrected chi connectivity index (χ4v) is 4.92. The number of carboxylic acids is 1. The van der Waals surface area contributed by atoms with E-state index in [1.165, 1.54) is 12.8 Å². The van der Waals surface area contributed by atoms with Crippen molar-refractivity contribution in [1.29, 1.82) is 0 Å². The minimum absolute atomic E-state index is 0.192. The number of aromatic hydroxyl groups is 1. The molecular weight excluding hydrogens is 280 g/mol. The number of aliphatic carboxylic acids is 1. The Morgan fingerprint density at radius 1 is 1.16 bits per heavy atom. The number of hydrogen-bond donors (Lipinski definition) is 2. The molecule has 1 aromatic carbocycles. The van der Waals surface area contributed by atoms with Gasteiger partial charge < -0.3 is 10.2 Å². The van der Waals surface area contributed by atoms with E-state index in [-0.39, 0.29) is 11.5 Å². The first kappa shape index (κ1) is 14.6. The van der Waals surface area contributed by atoms with Crippen molar-refractivity contribution in [3.8, 4) is 5.75 Å². The maximum atomic E-state index is 10.7. The van der Waals surface area contributed by atoms with Crippen LogP contribution in [0.5, 0.6) is 5.75 Å². The molecule has 5 heteroatoms. The Morgan fingerprint density at radius 2 is 1.79 bits per heavy atom. The van der Waals surface area contributed by atoms with Gasteiger partial charge in [-0.15, -0.1) is 23.5 Å². The molecule has 1 aliphatic rings. The highest BCUT2D eigenvalue weighted by Crippen LogP contribution is 2.39. The Balaban J connectivity index is 1.95. The van der Waals surface area contributed by atoms with Crippen LogP contribution in [0.1, 0.15) is 25.7 Å². The van der Waals surface area contributed by atoms with Crippen LogP contribution in [0.4, 0.5) is 0 Å². The smallest absolute Gasteiger partial charge is 0.313 e. The number of phenols is 1. The molecule has 0 unspecified atom stereocenters. The average molecular weight is 298 g/mol. The van der Waals surface area contributed by atoms with Crippen molar-refractivity contribution in [2.45, 2.75) is 41.1 Å². The molecule has 2 atom stereocenters. The number of thioether (sulfide) groups is 2. The fraction of sp³-hybridized carbons (Fsp3) is 0.500. The van der Waals surface area contributed by atoms with Gasteiger partial charge in [-0.3, -0.25) is 4.79 Å². The van der Waals surface area contributed by atoms with Crippen molar-refractivity contribution in [2.75, 3.05) is 5.75 Å². The molecule has 0 amide bonds. The monoisotopic (exact) mass is 298 g/mol. The van der Waals surface area contributed by atoms with Crippen molar-refractivity contribution < 1.29 is 15.0 Å². The van der Waals surface area contributed by atoms with Gasteiger partial charge in [0, 0.05) is 15.4 Å². The first-order valence-electron chi connectivity index (χ1n) is 6.44. The highest BCUT2D eigenvalue weighted by Gasteiger charge is 2.26. The molecule has 0 heterocycles. The lowest BCUT2D eigenvalue weighted by atomic mass is 10.00. The number of hydrogen-bond acceptors (Lipinski definition) is 4. The van der Waals surface area contributed by atoms with E-state index in [0.717, 1.165) is 17.7 Å². The van der Waals surface area contributed by atoms with Gasteiger partial charge in [-0.2, -0.15) is 0 Å². The Morgan fingerprint density at radius 3 is 2.42 bits per heavy atom. The van der Waals surface area contributed by atoms with E-state index in [1.807, 2.05) is 23.9 Å². The second-order valence-corrected chi connectivity index (χ2v) is 7.22. The van der Waals surface area contributed by atoms with Crippen molar-refractivity contribution >= 4 is 29.5 Å². The summed E-state index contributed by atoms with van der Waals surface area (Å²) in [5, 5.41) is 19.0. The molecule has 2 rings (SSSR count). The Hall–Kier alpha value is -0.810. The summed E-state index contributed by atoms with van der Waals surface area (Å²) in [7, 11) is 0. The van der Waals surface area contributed by atoms with Gasteiger partial charge in [0.25, 0.3) is 0 Å². The quantitative estimate of drug-likeness (QED) is 0.869. The van der Waals surface area contributed by atoms with Crippen LogP contribution < -0.4 is 0 Å². The first-order valence-corrected chi connectivity index (χ1v) is 8.37. The molecule has 1 saturated carbocycles. The zero-order valence-electron chi connectivity index (χ0n) is 10.6. The molecule has 0 aliphatic heterocycles. The highest BCUT2D eigenvalue weighted by molar-refractivity contribution is 8.04. The summed E-state index contributed by atoms with van der Waals surface area (Å²) in [4.78, 5) is 11.8. The van der Waals surface area contributed by atoms with Crippen molar-refractivity contribution in [3.05, 3.63) is 24.3 Å². The van der Waals surface area contributed by atoms with Crippen LogP contribution >= 0.6 is 23.5 Å². The number of rotatable bonds is 5. The van der Waals surface area contributed by atoms with Crippen molar-refractivity contribution in [3.63, 3.8) is 0 Å². The lowest BCUT2D eigenvalue weighted by Crippen LogP contribution is -2.25. The van der Waals surface area contributed by atoms with Crippen LogP contribution in [0.3, 0.4) is 0 Å². The van der Waals surface area contributed by atoms with Crippen LogP contribution in [0.2, 0.25) is 0 Å². The summed E-state index contributed by atoms with van der Waals surface area (Å²) < 4.78 is 0. The van der Waals surface area contributed by atoms with Gasteiger partial charge in [-0.05, 0) is 37.1 Å². The van der Waals surface area contributed by atoms with E-state index in [0.29, 0.717) is 10.5 Å². The number of carbonyl (C=O) groups is 1. The van der Waals surface area contributed by atoms with Crippen molar-refractivity contribution in [1.82, 2.24) is 0 Å². The summed E-state index contributed by atoms with van der Waals surface area (Å²) in [5.41, 5.74) is 0. The normalized spacial score (nSPS) is 23.2. The van der Waals surface area contributed by atoms with Gasteiger partial charge in [-0.25, -0.2) is 0 Å². The maximum absolute atomic E-state index is 10.7. The molecule has 0 saturated heterocycles. The Labute approximate surface area is 121 Å². The molecule has 0 spiro atoms. The molecule has 19 heavy (non-hydrogen) atoms.